The van der Waals surface area contributed by atoms with Gasteiger partial charge in [0, 0.05) is 50.5 Å². The lowest BCUT2D eigenvalue weighted by Crippen LogP contribution is -2.45. The predicted molar refractivity (Wildman–Crippen MR) is 129 cm³/mol. The molecule has 5 nitrogen and oxygen atoms in total. The highest BCUT2D eigenvalue weighted by molar-refractivity contribution is 5.94. The number of nitrogens with one attached hydrogen (secondary N) is 1. The Labute approximate surface area is 194 Å². The van der Waals surface area contributed by atoms with Gasteiger partial charge in [0.25, 0.3) is 5.91 Å². The van der Waals surface area contributed by atoms with Crippen molar-refractivity contribution in [3.63, 3.8) is 0 Å². The van der Waals surface area contributed by atoms with E-state index >= 15 is 0 Å². The summed E-state index contributed by atoms with van der Waals surface area (Å²) in [6, 6.07) is 22.4. The Morgan fingerprint density at radius 2 is 1.64 bits per heavy atom. The molecule has 172 valence electrons. The standard InChI is InChI=1S/C27H30FN3O2/c1-33-26-5-3-2-4-22(26)14-15-29-27(32)23-8-6-21(7-9-23)20-30-16-18-31(19-17-30)25-12-10-24(28)11-13-25/h2-13H,14-20H2,1H3,(H,29,32). The van der Waals surface area contributed by atoms with Gasteiger partial charge >= 0.3 is 0 Å². The molecule has 0 unspecified atom stereocenters. The molecule has 0 spiro atoms. The van der Waals surface area contributed by atoms with E-state index < -0.39 is 0 Å². The van der Waals surface area contributed by atoms with Crippen molar-refractivity contribution in [3.8, 4) is 5.75 Å². The summed E-state index contributed by atoms with van der Waals surface area (Å²) in [5.74, 6) is 0.574. The average Bonchev–Trinajstić information content (AvgIpc) is 2.86. The first-order valence-corrected chi connectivity index (χ1v) is 11.3. The fourth-order valence-corrected chi connectivity index (χ4v) is 4.16. The third-order valence-electron chi connectivity index (χ3n) is 6.06. The van der Waals surface area contributed by atoms with Crippen LogP contribution in [0, 0.1) is 5.82 Å². The minimum atomic E-state index is -0.203. The van der Waals surface area contributed by atoms with Crippen LogP contribution in [0.3, 0.4) is 0 Å². The zero-order valence-electron chi connectivity index (χ0n) is 19.0. The van der Waals surface area contributed by atoms with Gasteiger partial charge < -0.3 is 15.0 Å². The molecular formula is C27H30FN3O2. The van der Waals surface area contributed by atoms with Gasteiger partial charge in [-0.2, -0.15) is 0 Å². The van der Waals surface area contributed by atoms with Crippen LogP contribution in [0.1, 0.15) is 21.5 Å². The number of anilines is 1. The number of rotatable bonds is 8. The number of hydrogen-bond acceptors (Lipinski definition) is 4. The highest BCUT2D eigenvalue weighted by atomic mass is 19.1. The van der Waals surface area contributed by atoms with Crippen molar-refractivity contribution in [2.24, 2.45) is 0 Å². The van der Waals surface area contributed by atoms with Gasteiger partial charge in [0.2, 0.25) is 0 Å². The van der Waals surface area contributed by atoms with Crippen LogP contribution < -0.4 is 15.0 Å². The highest BCUT2D eigenvalue weighted by Crippen LogP contribution is 2.19. The number of methoxy groups -OCH3 is 1. The summed E-state index contributed by atoms with van der Waals surface area (Å²) in [4.78, 5) is 17.2. The van der Waals surface area contributed by atoms with Gasteiger partial charge in [0.1, 0.15) is 11.6 Å². The van der Waals surface area contributed by atoms with E-state index in [9.17, 15) is 9.18 Å². The molecule has 1 aliphatic heterocycles. The normalized spacial score (nSPS) is 14.2. The number of amides is 1. The predicted octanol–water partition coefficient (Wildman–Crippen LogP) is 4.13. The monoisotopic (exact) mass is 447 g/mol. The Hall–Kier alpha value is -3.38. The molecule has 1 amide bonds. The molecule has 0 aromatic heterocycles. The van der Waals surface area contributed by atoms with Gasteiger partial charge in [0.05, 0.1) is 7.11 Å². The summed E-state index contributed by atoms with van der Waals surface area (Å²) < 4.78 is 18.5. The van der Waals surface area contributed by atoms with Crippen LogP contribution in [-0.4, -0.2) is 50.6 Å². The maximum atomic E-state index is 13.1. The Kier molecular flexibility index (Phi) is 7.58. The maximum absolute atomic E-state index is 13.1. The Bertz CT molecular complexity index is 1050. The van der Waals surface area contributed by atoms with Crippen molar-refractivity contribution in [2.45, 2.75) is 13.0 Å². The van der Waals surface area contributed by atoms with Crippen LogP contribution in [0.5, 0.6) is 5.75 Å². The van der Waals surface area contributed by atoms with Crippen molar-refractivity contribution in [2.75, 3.05) is 44.7 Å². The molecule has 1 N–H and O–H groups in total. The second-order valence-electron chi connectivity index (χ2n) is 8.25. The summed E-state index contributed by atoms with van der Waals surface area (Å²) in [5.41, 5.74) is 4.00. The number of hydrogen-bond donors (Lipinski definition) is 1. The lowest BCUT2D eigenvalue weighted by molar-refractivity contribution is 0.0954. The third-order valence-corrected chi connectivity index (χ3v) is 6.06. The molecule has 6 heteroatoms. The molecular weight excluding hydrogens is 417 g/mol. The smallest absolute Gasteiger partial charge is 0.251 e. The average molecular weight is 448 g/mol. The molecule has 1 saturated heterocycles. The Morgan fingerprint density at radius 3 is 2.33 bits per heavy atom. The summed E-state index contributed by atoms with van der Waals surface area (Å²) in [5, 5.41) is 2.99. The second-order valence-corrected chi connectivity index (χ2v) is 8.25. The van der Waals surface area contributed by atoms with Crippen LogP contribution in [0.15, 0.2) is 72.8 Å². The molecule has 0 bridgehead atoms. The summed E-state index contributed by atoms with van der Waals surface area (Å²) in [6.45, 7) is 5.13. The van der Waals surface area contributed by atoms with Gasteiger partial charge in [-0.05, 0) is 60.0 Å². The molecule has 33 heavy (non-hydrogen) atoms. The number of benzene rings is 3. The first kappa shape index (κ1) is 22.8. The van der Waals surface area contributed by atoms with Crippen molar-refractivity contribution in [1.29, 1.82) is 0 Å². The first-order chi connectivity index (χ1) is 16.1. The molecule has 1 aliphatic rings. The Balaban J connectivity index is 1.23. The van der Waals surface area contributed by atoms with Crippen molar-refractivity contribution in [3.05, 3.63) is 95.3 Å². The molecule has 1 heterocycles. The van der Waals surface area contributed by atoms with E-state index in [1.165, 1.54) is 17.7 Å². The minimum Gasteiger partial charge on any atom is -0.496 e. The zero-order valence-corrected chi connectivity index (χ0v) is 19.0. The highest BCUT2D eigenvalue weighted by Gasteiger charge is 2.17. The molecule has 0 radical (unpaired) electrons. The van der Waals surface area contributed by atoms with Gasteiger partial charge in [-0.1, -0.05) is 30.3 Å². The molecule has 1 fully saturated rings. The number of para-hydroxylation sites is 1. The van der Waals surface area contributed by atoms with E-state index in [2.05, 4.69) is 15.1 Å². The topological polar surface area (TPSA) is 44.8 Å². The fraction of sp³-hybridized carbons (Fsp3) is 0.296. The minimum absolute atomic E-state index is 0.0654. The largest absolute Gasteiger partial charge is 0.496 e. The SMILES string of the molecule is COc1ccccc1CCNC(=O)c1ccc(CN2CCN(c3ccc(F)cc3)CC2)cc1. The molecule has 3 aromatic rings. The van der Waals surface area contributed by atoms with Crippen LogP contribution in [0.4, 0.5) is 10.1 Å². The maximum Gasteiger partial charge on any atom is 0.251 e. The molecule has 0 atom stereocenters. The van der Waals surface area contributed by atoms with Gasteiger partial charge in [0.15, 0.2) is 0 Å². The quantitative estimate of drug-likeness (QED) is 0.564. The number of carbonyl (C=O) groups is 1. The van der Waals surface area contributed by atoms with Crippen LogP contribution in [-0.2, 0) is 13.0 Å². The van der Waals surface area contributed by atoms with Gasteiger partial charge in [-0.15, -0.1) is 0 Å². The Morgan fingerprint density at radius 1 is 0.939 bits per heavy atom. The van der Waals surface area contributed by atoms with Crippen molar-refractivity contribution in [1.82, 2.24) is 10.2 Å². The first-order valence-electron chi connectivity index (χ1n) is 11.3. The molecule has 3 aromatic carbocycles. The number of carbonyl (C=O) groups excluding carboxylic acids is 1. The summed E-state index contributed by atoms with van der Waals surface area (Å²) >= 11 is 0. The zero-order chi connectivity index (χ0) is 23.0. The van der Waals surface area contributed by atoms with Gasteiger partial charge in [-0.3, -0.25) is 9.69 Å². The van der Waals surface area contributed by atoms with E-state index in [4.69, 9.17) is 4.74 Å². The van der Waals surface area contributed by atoms with Crippen LogP contribution in [0.2, 0.25) is 0 Å². The number of ether oxygens (including phenoxy) is 1. The lowest BCUT2D eigenvalue weighted by Gasteiger charge is -2.36. The van der Waals surface area contributed by atoms with Gasteiger partial charge in [-0.25, -0.2) is 4.39 Å². The number of piperazine rings is 1. The third kappa shape index (κ3) is 6.11. The molecule has 0 saturated carbocycles. The number of nitrogens with zero attached hydrogens (tertiary/aromatic N) is 2. The van der Waals surface area contributed by atoms with E-state index in [0.29, 0.717) is 12.1 Å². The summed E-state index contributed by atoms with van der Waals surface area (Å²) in [6.07, 6.45) is 0.720. The van der Waals surface area contributed by atoms with E-state index in [-0.39, 0.29) is 11.7 Å². The van der Waals surface area contributed by atoms with E-state index in [0.717, 1.165) is 56.1 Å². The second kappa shape index (κ2) is 11.0. The molecule has 4 rings (SSSR count). The van der Waals surface area contributed by atoms with Crippen LogP contribution >= 0.6 is 0 Å². The number of halogens is 1. The van der Waals surface area contributed by atoms with E-state index in [1.54, 1.807) is 7.11 Å². The molecule has 0 aliphatic carbocycles. The summed E-state index contributed by atoms with van der Waals surface area (Å²) in [7, 11) is 1.66. The lowest BCUT2D eigenvalue weighted by atomic mass is 10.1. The van der Waals surface area contributed by atoms with E-state index in [1.807, 2.05) is 60.7 Å². The van der Waals surface area contributed by atoms with Crippen molar-refractivity contribution >= 4 is 11.6 Å². The van der Waals surface area contributed by atoms with Crippen molar-refractivity contribution < 1.29 is 13.9 Å². The fourth-order valence-electron chi connectivity index (χ4n) is 4.16. The van der Waals surface area contributed by atoms with Crippen LogP contribution in [0.25, 0.3) is 0 Å².